The second-order valence-electron chi connectivity index (χ2n) is 3.99. The number of hydrogen-bond acceptors (Lipinski definition) is 3. The largest absolute Gasteiger partial charge is 0.368 e. The number of carbonyl (C=O) groups is 2. The highest BCUT2D eigenvalue weighted by Crippen LogP contribution is 2.11. The van der Waals surface area contributed by atoms with Gasteiger partial charge in [-0.3, -0.25) is 9.59 Å². The van der Waals surface area contributed by atoms with Gasteiger partial charge in [0.25, 0.3) is 5.91 Å². The van der Waals surface area contributed by atoms with Crippen LogP contribution < -0.4 is 11.1 Å². The van der Waals surface area contributed by atoms with Gasteiger partial charge in [0.1, 0.15) is 11.7 Å². The van der Waals surface area contributed by atoms with Crippen molar-refractivity contribution in [2.45, 2.75) is 13.0 Å². The Morgan fingerprint density at radius 2 is 1.94 bits per heavy atom. The zero-order chi connectivity index (χ0) is 13.1. The van der Waals surface area contributed by atoms with Crippen molar-refractivity contribution >= 4 is 22.7 Å². The van der Waals surface area contributed by atoms with Gasteiger partial charge in [-0.05, 0) is 19.1 Å². The highest BCUT2D eigenvalue weighted by molar-refractivity contribution is 5.97. The van der Waals surface area contributed by atoms with Crippen LogP contribution in [-0.2, 0) is 4.79 Å². The van der Waals surface area contributed by atoms with E-state index in [-0.39, 0.29) is 5.69 Å². The van der Waals surface area contributed by atoms with Crippen LogP contribution in [-0.4, -0.2) is 22.8 Å². The smallest absolute Gasteiger partial charge is 0.270 e. The molecule has 0 aliphatic rings. The Bertz CT molecular complexity index is 610. The lowest BCUT2D eigenvalue weighted by atomic mass is 10.2. The molecular formula is C13H13N3O2. The second-order valence-corrected chi connectivity index (χ2v) is 3.99. The van der Waals surface area contributed by atoms with Crippen LogP contribution in [0.1, 0.15) is 17.4 Å². The minimum absolute atomic E-state index is 0.266. The van der Waals surface area contributed by atoms with Gasteiger partial charge in [-0.15, -0.1) is 0 Å². The highest BCUT2D eigenvalue weighted by Gasteiger charge is 2.14. The first kappa shape index (κ1) is 12.0. The number of para-hydroxylation sites is 1. The monoisotopic (exact) mass is 243 g/mol. The number of nitrogens with two attached hydrogens (primary N) is 1. The van der Waals surface area contributed by atoms with Crippen LogP contribution in [0, 0.1) is 0 Å². The Labute approximate surface area is 104 Å². The van der Waals surface area contributed by atoms with Gasteiger partial charge in [0.2, 0.25) is 5.91 Å². The van der Waals surface area contributed by atoms with Crippen LogP contribution in [0.2, 0.25) is 0 Å². The topological polar surface area (TPSA) is 85.1 Å². The third-order valence-electron chi connectivity index (χ3n) is 2.61. The quantitative estimate of drug-likeness (QED) is 0.837. The zero-order valence-corrected chi connectivity index (χ0v) is 9.88. The minimum atomic E-state index is -0.717. The van der Waals surface area contributed by atoms with Crippen LogP contribution in [0.25, 0.3) is 10.9 Å². The molecule has 92 valence electrons. The molecule has 1 aromatic carbocycles. The number of benzene rings is 1. The number of carbonyl (C=O) groups excluding carboxylic acids is 2. The van der Waals surface area contributed by atoms with Crippen LogP contribution >= 0.6 is 0 Å². The number of hydrogen-bond donors (Lipinski definition) is 2. The molecule has 5 nitrogen and oxygen atoms in total. The van der Waals surface area contributed by atoms with Crippen LogP contribution in [0.15, 0.2) is 36.4 Å². The molecule has 0 saturated heterocycles. The number of aromatic nitrogens is 1. The van der Waals surface area contributed by atoms with Crippen molar-refractivity contribution in [2.24, 2.45) is 5.73 Å². The number of pyridine rings is 1. The summed E-state index contributed by atoms with van der Waals surface area (Å²) in [6.07, 6.45) is 0. The van der Waals surface area contributed by atoms with Crippen LogP contribution in [0.4, 0.5) is 0 Å². The number of primary amides is 1. The Morgan fingerprint density at radius 1 is 1.22 bits per heavy atom. The van der Waals surface area contributed by atoms with E-state index in [2.05, 4.69) is 10.3 Å². The van der Waals surface area contributed by atoms with E-state index < -0.39 is 17.9 Å². The maximum absolute atomic E-state index is 11.8. The third-order valence-corrected chi connectivity index (χ3v) is 2.61. The summed E-state index contributed by atoms with van der Waals surface area (Å²) in [6.45, 7) is 1.53. The van der Waals surface area contributed by atoms with Crippen molar-refractivity contribution in [2.75, 3.05) is 0 Å². The van der Waals surface area contributed by atoms with Gasteiger partial charge in [0.15, 0.2) is 0 Å². The van der Waals surface area contributed by atoms with Gasteiger partial charge < -0.3 is 11.1 Å². The maximum Gasteiger partial charge on any atom is 0.270 e. The number of amides is 2. The third kappa shape index (κ3) is 2.45. The van der Waals surface area contributed by atoms with Crippen molar-refractivity contribution in [3.05, 3.63) is 42.1 Å². The van der Waals surface area contributed by atoms with E-state index in [4.69, 9.17) is 5.73 Å². The fourth-order valence-corrected chi connectivity index (χ4v) is 1.53. The van der Waals surface area contributed by atoms with Crippen molar-refractivity contribution < 1.29 is 9.59 Å². The lowest BCUT2D eigenvalue weighted by molar-refractivity contribution is -0.119. The van der Waals surface area contributed by atoms with Crippen molar-refractivity contribution in [1.29, 1.82) is 0 Å². The minimum Gasteiger partial charge on any atom is -0.368 e. The SMILES string of the molecule is C[C@H](NC(=O)c1ccc2ccccc2n1)C(N)=O. The molecule has 0 aliphatic heterocycles. The molecule has 0 saturated carbocycles. The molecule has 0 aliphatic carbocycles. The van der Waals surface area contributed by atoms with Gasteiger partial charge in [0.05, 0.1) is 5.52 Å². The van der Waals surface area contributed by atoms with Gasteiger partial charge in [-0.2, -0.15) is 0 Å². The standard InChI is InChI=1S/C13H13N3O2/c1-8(12(14)17)15-13(18)11-7-6-9-4-2-3-5-10(9)16-11/h2-8H,1H3,(H2,14,17)(H,15,18)/t8-/m0/s1. The Balaban J connectivity index is 2.25. The Kier molecular flexibility index (Phi) is 3.23. The summed E-state index contributed by atoms with van der Waals surface area (Å²) in [5.41, 5.74) is 6.08. The molecule has 1 aromatic heterocycles. The molecule has 3 N–H and O–H groups in total. The molecule has 0 fully saturated rings. The van der Waals surface area contributed by atoms with E-state index in [1.165, 1.54) is 6.92 Å². The fraction of sp³-hybridized carbons (Fsp3) is 0.154. The first-order valence-electron chi connectivity index (χ1n) is 5.54. The molecule has 1 heterocycles. The van der Waals surface area contributed by atoms with Crippen molar-refractivity contribution in [1.82, 2.24) is 10.3 Å². The molecule has 1 atom stereocenters. The molecule has 2 amide bonds. The predicted octanol–water partition coefficient (Wildman–Crippen LogP) is 0.838. The normalized spacial score (nSPS) is 12.1. The number of fused-ring (bicyclic) bond motifs is 1. The summed E-state index contributed by atoms with van der Waals surface area (Å²) >= 11 is 0. The highest BCUT2D eigenvalue weighted by atomic mass is 16.2. The Morgan fingerprint density at radius 3 is 2.67 bits per heavy atom. The summed E-state index contributed by atoms with van der Waals surface area (Å²) in [6, 6.07) is 10.2. The molecular weight excluding hydrogens is 230 g/mol. The van der Waals surface area contributed by atoms with E-state index in [9.17, 15) is 9.59 Å². The molecule has 2 aromatic rings. The number of nitrogens with zero attached hydrogens (tertiary/aromatic N) is 1. The van der Waals surface area contributed by atoms with E-state index >= 15 is 0 Å². The van der Waals surface area contributed by atoms with Gasteiger partial charge in [-0.1, -0.05) is 24.3 Å². The van der Waals surface area contributed by atoms with Crippen molar-refractivity contribution in [3.63, 3.8) is 0 Å². The summed E-state index contributed by atoms with van der Waals surface area (Å²) < 4.78 is 0. The maximum atomic E-state index is 11.8. The molecule has 0 unspecified atom stereocenters. The average molecular weight is 243 g/mol. The lowest BCUT2D eigenvalue weighted by Gasteiger charge is -2.09. The number of nitrogens with one attached hydrogen (secondary N) is 1. The summed E-state index contributed by atoms with van der Waals surface area (Å²) in [5.74, 6) is -0.990. The molecule has 5 heteroatoms. The first-order valence-corrected chi connectivity index (χ1v) is 5.54. The van der Waals surface area contributed by atoms with E-state index in [0.29, 0.717) is 0 Å². The van der Waals surface area contributed by atoms with Gasteiger partial charge in [0, 0.05) is 5.39 Å². The lowest BCUT2D eigenvalue weighted by Crippen LogP contribution is -2.42. The summed E-state index contributed by atoms with van der Waals surface area (Å²) in [5, 5.41) is 3.44. The first-order chi connectivity index (χ1) is 8.58. The summed E-state index contributed by atoms with van der Waals surface area (Å²) in [7, 11) is 0. The molecule has 2 rings (SSSR count). The van der Waals surface area contributed by atoms with E-state index in [1.54, 1.807) is 6.07 Å². The van der Waals surface area contributed by atoms with Crippen LogP contribution in [0.3, 0.4) is 0 Å². The fourth-order valence-electron chi connectivity index (χ4n) is 1.53. The van der Waals surface area contributed by atoms with Gasteiger partial charge in [-0.25, -0.2) is 4.98 Å². The molecule has 0 bridgehead atoms. The Hall–Kier alpha value is -2.43. The summed E-state index contributed by atoms with van der Waals surface area (Å²) in [4.78, 5) is 26.9. The number of rotatable bonds is 3. The van der Waals surface area contributed by atoms with Gasteiger partial charge >= 0.3 is 0 Å². The van der Waals surface area contributed by atoms with E-state index in [0.717, 1.165) is 10.9 Å². The zero-order valence-electron chi connectivity index (χ0n) is 9.88. The van der Waals surface area contributed by atoms with E-state index in [1.807, 2.05) is 30.3 Å². The predicted molar refractivity (Wildman–Crippen MR) is 67.9 cm³/mol. The van der Waals surface area contributed by atoms with Crippen molar-refractivity contribution in [3.8, 4) is 0 Å². The molecule has 0 radical (unpaired) electrons. The second kappa shape index (κ2) is 4.83. The molecule has 0 spiro atoms. The average Bonchev–Trinajstić information content (AvgIpc) is 2.37. The van der Waals surface area contributed by atoms with Crippen LogP contribution in [0.5, 0.6) is 0 Å². The molecule has 18 heavy (non-hydrogen) atoms.